The van der Waals surface area contributed by atoms with Gasteiger partial charge in [0.25, 0.3) is 0 Å². The van der Waals surface area contributed by atoms with Crippen molar-refractivity contribution in [2.24, 2.45) is 5.92 Å². The van der Waals surface area contributed by atoms with E-state index in [1.807, 2.05) is 0 Å². The van der Waals surface area contributed by atoms with Crippen molar-refractivity contribution in [2.75, 3.05) is 19.6 Å². The molecule has 22 heavy (non-hydrogen) atoms. The van der Waals surface area contributed by atoms with Gasteiger partial charge < -0.3 is 0 Å². The van der Waals surface area contributed by atoms with Gasteiger partial charge >= 0.3 is 0 Å². The zero-order chi connectivity index (χ0) is 16.4. The molecule has 1 aromatic rings. The lowest BCUT2D eigenvalue weighted by Gasteiger charge is -2.16. The largest absolute Gasteiger partial charge is 0.243 e. The fraction of sp³-hybridized carbons (Fsp3) is 0.385. The van der Waals surface area contributed by atoms with Gasteiger partial charge in [0.1, 0.15) is 5.82 Å². The van der Waals surface area contributed by atoms with E-state index in [0.717, 1.165) is 17.5 Å². The van der Waals surface area contributed by atoms with Gasteiger partial charge in [-0.15, -0.1) is 0 Å². The molecular weight excluding hydrogens is 331 g/mol. The number of rotatable bonds is 6. The molecular formula is C13H17FN2O4S2. The van der Waals surface area contributed by atoms with Crippen LogP contribution in [-0.4, -0.2) is 40.8 Å². The molecule has 122 valence electrons. The third-order valence-corrected chi connectivity index (χ3v) is 6.38. The first-order chi connectivity index (χ1) is 10.2. The quantitative estimate of drug-likeness (QED) is 0.828. The molecule has 1 N–H and O–H groups in total. The topological polar surface area (TPSA) is 83.6 Å². The average molecular weight is 348 g/mol. The van der Waals surface area contributed by atoms with Crippen LogP contribution in [0.15, 0.2) is 41.1 Å². The molecule has 0 radical (unpaired) electrons. The van der Waals surface area contributed by atoms with Gasteiger partial charge in [-0.3, -0.25) is 0 Å². The summed E-state index contributed by atoms with van der Waals surface area (Å²) in [5.41, 5.74) is 0. The predicted octanol–water partition coefficient (Wildman–Crippen LogP) is 0.899. The van der Waals surface area contributed by atoms with Crippen molar-refractivity contribution >= 4 is 20.0 Å². The molecule has 6 nitrogen and oxygen atoms in total. The zero-order valence-electron chi connectivity index (χ0n) is 11.8. The molecule has 1 fully saturated rings. The van der Waals surface area contributed by atoms with E-state index in [4.69, 9.17) is 0 Å². The molecule has 1 heterocycles. The molecule has 2 rings (SSSR count). The Balaban J connectivity index is 2.03. The molecule has 1 atom stereocenters. The molecule has 1 saturated heterocycles. The third kappa shape index (κ3) is 3.92. The number of benzene rings is 1. The summed E-state index contributed by atoms with van der Waals surface area (Å²) < 4.78 is 63.9. The van der Waals surface area contributed by atoms with Crippen LogP contribution in [0.5, 0.6) is 0 Å². The van der Waals surface area contributed by atoms with Crippen molar-refractivity contribution in [3.05, 3.63) is 42.1 Å². The van der Waals surface area contributed by atoms with E-state index in [2.05, 4.69) is 11.3 Å². The van der Waals surface area contributed by atoms with E-state index in [9.17, 15) is 21.2 Å². The fourth-order valence-electron chi connectivity index (χ4n) is 2.23. The van der Waals surface area contributed by atoms with Crippen molar-refractivity contribution in [3.63, 3.8) is 0 Å². The van der Waals surface area contributed by atoms with Gasteiger partial charge in [0.2, 0.25) is 20.0 Å². The van der Waals surface area contributed by atoms with Crippen LogP contribution in [0.3, 0.4) is 0 Å². The van der Waals surface area contributed by atoms with Gasteiger partial charge in [0.05, 0.1) is 4.90 Å². The number of halogens is 1. The van der Waals surface area contributed by atoms with Crippen LogP contribution < -0.4 is 4.72 Å². The Hall–Kier alpha value is -1.29. The van der Waals surface area contributed by atoms with E-state index in [0.29, 0.717) is 13.0 Å². The third-order valence-electron chi connectivity index (χ3n) is 3.49. The molecule has 0 spiro atoms. The Morgan fingerprint density at radius 3 is 2.50 bits per heavy atom. The Morgan fingerprint density at radius 2 is 1.91 bits per heavy atom. The highest BCUT2D eigenvalue weighted by atomic mass is 32.2. The molecule has 1 aromatic carbocycles. The zero-order valence-corrected chi connectivity index (χ0v) is 13.4. The van der Waals surface area contributed by atoms with Crippen molar-refractivity contribution in [3.8, 4) is 0 Å². The molecule has 0 aromatic heterocycles. The van der Waals surface area contributed by atoms with Gasteiger partial charge in [0, 0.05) is 25.0 Å². The SMILES string of the molecule is C=CS(=O)(=O)NC[C@H]1CCN(S(=O)(=O)c2ccc(F)cc2)C1. The van der Waals surface area contributed by atoms with E-state index in [-0.39, 0.29) is 23.9 Å². The first kappa shape index (κ1) is 17.1. The first-order valence-corrected chi connectivity index (χ1v) is 9.61. The minimum atomic E-state index is -3.68. The maximum absolute atomic E-state index is 12.9. The Labute approximate surface area is 129 Å². The van der Waals surface area contributed by atoms with Gasteiger partial charge in [-0.25, -0.2) is 25.9 Å². The number of hydrogen-bond acceptors (Lipinski definition) is 4. The summed E-state index contributed by atoms with van der Waals surface area (Å²) >= 11 is 0. The smallest absolute Gasteiger partial charge is 0.211 e. The molecule has 0 aliphatic carbocycles. The van der Waals surface area contributed by atoms with Crippen molar-refractivity contribution < 1.29 is 21.2 Å². The van der Waals surface area contributed by atoms with Crippen LogP contribution in [0.1, 0.15) is 6.42 Å². The maximum atomic E-state index is 12.9. The molecule has 0 amide bonds. The second kappa shape index (κ2) is 6.45. The van der Waals surface area contributed by atoms with E-state index >= 15 is 0 Å². The molecule has 0 bridgehead atoms. The molecule has 1 aliphatic heterocycles. The van der Waals surface area contributed by atoms with Crippen molar-refractivity contribution in [2.45, 2.75) is 11.3 Å². The fourth-order valence-corrected chi connectivity index (χ4v) is 4.35. The van der Waals surface area contributed by atoms with Gasteiger partial charge in [0.15, 0.2) is 0 Å². The number of nitrogens with zero attached hydrogens (tertiary/aromatic N) is 1. The van der Waals surface area contributed by atoms with Crippen molar-refractivity contribution in [1.29, 1.82) is 0 Å². The highest BCUT2D eigenvalue weighted by Gasteiger charge is 2.32. The summed E-state index contributed by atoms with van der Waals surface area (Å²) in [6, 6.07) is 4.63. The van der Waals surface area contributed by atoms with Gasteiger partial charge in [-0.05, 0) is 36.6 Å². The Morgan fingerprint density at radius 1 is 1.27 bits per heavy atom. The summed E-state index contributed by atoms with van der Waals surface area (Å²) in [7, 11) is -7.19. The molecule has 0 unspecified atom stereocenters. The van der Waals surface area contributed by atoms with Crippen LogP contribution in [-0.2, 0) is 20.0 Å². The van der Waals surface area contributed by atoms with E-state index < -0.39 is 25.9 Å². The average Bonchev–Trinajstić information content (AvgIpc) is 2.95. The van der Waals surface area contributed by atoms with Crippen LogP contribution in [0, 0.1) is 11.7 Å². The first-order valence-electron chi connectivity index (χ1n) is 6.62. The minimum Gasteiger partial charge on any atom is -0.211 e. The highest BCUT2D eigenvalue weighted by molar-refractivity contribution is 7.92. The van der Waals surface area contributed by atoms with E-state index in [1.165, 1.54) is 16.4 Å². The normalized spacial score (nSPS) is 20.1. The second-order valence-corrected chi connectivity index (χ2v) is 8.68. The van der Waals surface area contributed by atoms with Crippen LogP contribution >= 0.6 is 0 Å². The lowest BCUT2D eigenvalue weighted by Crippen LogP contribution is -2.32. The summed E-state index contributed by atoms with van der Waals surface area (Å²) in [6.07, 6.45) is 0.556. The van der Waals surface area contributed by atoms with Crippen molar-refractivity contribution in [1.82, 2.24) is 9.03 Å². The Kier molecular flexibility index (Phi) is 5.00. The maximum Gasteiger partial charge on any atom is 0.243 e. The lowest BCUT2D eigenvalue weighted by atomic mass is 10.1. The van der Waals surface area contributed by atoms with Crippen LogP contribution in [0.25, 0.3) is 0 Å². The van der Waals surface area contributed by atoms with Crippen LogP contribution in [0.2, 0.25) is 0 Å². The summed E-state index contributed by atoms with van der Waals surface area (Å²) in [6.45, 7) is 3.88. The second-order valence-electron chi connectivity index (χ2n) is 5.03. The number of sulfonamides is 2. The number of nitrogens with one attached hydrogen (secondary N) is 1. The summed E-state index contributed by atoms with van der Waals surface area (Å²) in [4.78, 5) is 0.0289. The van der Waals surface area contributed by atoms with E-state index in [1.54, 1.807) is 0 Å². The molecule has 0 saturated carbocycles. The van der Waals surface area contributed by atoms with Crippen LogP contribution in [0.4, 0.5) is 4.39 Å². The summed E-state index contributed by atoms with van der Waals surface area (Å²) in [5.74, 6) is -0.609. The molecule has 9 heteroatoms. The molecule has 1 aliphatic rings. The summed E-state index contributed by atoms with van der Waals surface area (Å²) in [5, 5.41) is 0.814. The number of hydrogen-bond donors (Lipinski definition) is 1. The standard InChI is InChI=1S/C13H17FN2O4S2/c1-2-21(17,18)15-9-11-7-8-16(10-11)22(19,20)13-5-3-12(14)4-6-13/h2-6,11,15H,1,7-10H2/t11-/m1/s1. The lowest BCUT2D eigenvalue weighted by molar-refractivity contribution is 0.454. The highest BCUT2D eigenvalue weighted by Crippen LogP contribution is 2.24. The minimum absolute atomic E-state index is 0.0289. The monoisotopic (exact) mass is 348 g/mol. The van der Waals surface area contributed by atoms with Gasteiger partial charge in [-0.2, -0.15) is 4.31 Å². The Bertz CT molecular complexity index is 745. The van der Waals surface area contributed by atoms with Gasteiger partial charge in [-0.1, -0.05) is 6.58 Å². The predicted molar refractivity (Wildman–Crippen MR) is 80.4 cm³/mol.